The van der Waals surface area contributed by atoms with Crippen LogP contribution in [-0.2, 0) is 0 Å². The van der Waals surface area contributed by atoms with Crippen molar-refractivity contribution in [1.82, 2.24) is 5.32 Å². The maximum atomic E-state index is 13.0. The van der Waals surface area contributed by atoms with E-state index in [1.165, 1.54) is 23.5 Å². The lowest BCUT2D eigenvalue weighted by molar-refractivity contribution is 0.0952. The number of aryl methyl sites for hydroxylation is 1. The van der Waals surface area contributed by atoms with Gasteiger partial charge >= 0.3 is 0 Å². The quantitative estimate of drug-likeness (QED) is 0.872. The molecule has 3 N–H and O–H groups in total. The zero-order valence-electron chi connectivity index (χ0n) is 12.6. The second-order valence-corrected chi connectivity index (χ2v) is 6.23. The molecule has 1 amide bonds. The summed E-state index contributed by atoms with van der Waals surface area (Å²) in [5.74, 6) is -0.0926. The molecule has 1 aromatic heterocycles. The van der Waals surface area contributed by atoms with Gasteiger partial charge in [-0.1, -0.05) is 19.1 Å². The normalized spacial score (nSPS) is 11.6. The summed E-state index contributed by atoms with van der Waals surface area (Å²) in [4.78, 5) is 13.8. The van der Waals surface area contributed by atoms with Crippen molar-refractivity contribution in [1.29, 1.82) is 0 Å². The molecule has 0 aliphatic heterocycles. The third kappa shape index (κ3) is 4.53. The molecule has 2 rings (SSSR count). The van der Waals surface area contributed by atoms with Gasteiger partial charge < -0.3 is 11.1 Å². The van der Waals surface area contributed by atoms with Gasteiger partial charge in [0.2, 0.25) is 0 Å². The zero-order chi connectivity index (χ0) is 15.4. The average molecular weight is 343 g/mol. The Hall–Kier alpha value is -1.43. The molecule has 0 aliphatic carbocycles. The van der Waals surface area contributed by atoms with Crippen molar-refractivity contribution in [3.8, 4) is 10.4 Å². The number of hydrogen-bond acceptors (Lipinski definition) is 3. The van der Waals surface area contributed by atoms with Crippen LogP contribution >= 0.6 is 23.7 Å². The molecular weight excluding hydrogens is 323 g/mol. The maximum absolute atomic E-state index is 13.0. The Labute approximate surface area is 140 Å². The predicted octanol–water partition coefficient (Wildman–Crippen LogP) is 3.61. The van der Waals surface area contributed by atoms with Crippen LogP contribution in [0.4, 0.5) is 4.39 Å². The molecule has 1 unspecified atom stereocenters. The van der Waals surface area contributed by atoms with Gasteiger partial charge in [-0.2, -0.15) is 0 Å². The number of nitrogens with one attached hydrogen (secondary N) is 1. The molecule has 0 radical (unpaired) electrons. The third-order valence-corrected chi connectivity index (χ3v) is 4.55. The second-order valence-electron chi connectivity index (χ2n) is 5.18. The Morgan fingerprint density at radius 2 is 2.00 bits per heavy atom. The number of amides is 1. The monoisotopic (exact) mass is 342 g/mol. The summed E-state index contributed by atoms with van der Waals surface area (Å²) < 4.78 is 13.0. The number of carbonyl (C=O) groups excluding carboxylic acids is 1. The molecule has 120 valence electrons. The molecule has 6 heteroatoms. The Morgan fingerprint density at radius 1 is 1.36 bits per heavy atom. The van der Waals surface area contributed by atoms with E-state index in [9.17, 15) is 9.18 Å². The van der Waals surface area contributed by atoms with E-state index in [0.29, 0.717) is 18.0 Å². The third-order valence-electron chi connectivity index (χ3n) is 3.26. The highest BCUT2D eigenvalue weighted by molar-refractivity contribution is 7.17. The van der Waals surface area contributed by atoms with Crippen LogP contribution in [-0.4, -0.2) is 19.0 Å². The number of halogens is 2. The van der Waals surface area contributed by atoms with Crippen LogP contribution in [0, 0.1) is 18.7 Å². The molecule has 0 bridgehead atoms. The van der Waals surface area contributed by atoms with Crippen molar-refractivity contribution >= 4 is 29.7 Å². The van der Waals surface area contributed by atoms with Crippen molar-refractivity contribution in [3.05, 3.63) is 46.6 Å². The number of nitrogens with two attached hydrogens (primary N) is 1. The number of hydrogen-bond donors (Lipinski definition) is 2. The van der Waals surface area contributed by atoms with Gasteiger partial charge in [0.25, 0.3) is 5.91 Å². The van der Waals surface area contributed by atoms with E-state index < -0.39 is 0 Å². The van der Waals surface area contributed by atoms with Crippen molar-refractivity contribution in [3.63, 3.8) is 0 Å². The van der Waals surface area contributed by atoms with Gasteiger partial charge in [-0.15, -0.1) is 23.7 Å². The summed E-state index contributed by atoms with van der Waals surface area (Å²) in [7, 11) is 0. The van der Waals surface area contributed by atoms with E-state index in [0.717, 1.165) is 16.0 Å². The van der Waals surface area contributed by atoms with E-state index in [-0.39, 0.29) is 30.0 Å². The molecule has 22 heavy (non-hydrogen) atoms. The van der Waals surface area contributed by atoms with E-state index >= 15 is 0 Å². The molecule has 3 nitrogen and oxygen atoms in total. The first-order valence-corrected chi connectivity index (χ1v) is 7.67. The minimum Gasteiger partial charge on any atom is -0.351 e. The summed E-state index contributed by atoms with van der Waals surface area (Å²) in [5, 5.41) is 2.88. The zero-order valence-corrected chi connectivity index (χ0v) is 14.2. The van der Waals surface area contributed by atoms with Gasteiger partial charge in [0.05, 0.1) is 4.88 Å². The van der Waals surface area contributed by atoms with Crippen LogP contribution in [0.2, 0.25) is 0 Å². The minimum atomic E-state index is -0.262. The van der Waals surface area contributed by atoms with Gasteiger partial charge in [0.1, 0.15) is 5.82 Å². The Bertz CT molecular complexity index is 628. The van der Waals surface area contributed by atoms with Gasteiger partial charge in [0.15, 0.2) is 0 Å². The van der Waals surface area contributed by atoms with Crippen LogP contribution in [0.3, 0.4) is 0 Å². The molecule has 0 saturated heterocycles. The van der Waals surface area contributed by atoms with E-state index in [1.807, 2.05) is 19.9 Å². The van der Waals surface area contributed by atoms with Crippen molar-refractivity contribution < 1.29 is 9.18 Å². The Balaban J connectivity index is 0.00000242. The maximum Gasteiger partial charge on any atom is 0.261 e. The lowest BCUT2D eigenvalue weighted by Crippen LogP contribution is -2.30. The van der Waals surface area contributed by atoms with E-state index in [1.54, 1.807) is 12.1 Å². The highest BCUT2D eigenvalue weighted by Gasteiger charge is 2.14. The first kappa shape index (κ1) is 18.6. The van der Waals surface area contributed by atoms with Crippen LogP contribution in [0.25, 0.3) is 10.4 Å². The van der Waals surface area contributed by atoms with Crippen molar-refractivity contribution in [2.75, 3.05) is 13.1 Å². The molecule has 0 fully saturated rings. The summed E-state index contributed by atoms with van der Waals surface area (Å²) in [6, 6.07) is 8.18. The van der Waals surface area contributed by atoms with Crippen LogP contribution in [0.1, 0.15) is 22.2 Å². The summed E-state index contributed by atoms with van der Waals surface area (Å²) in [6.07, 6.45) is 0. The fraction of sp³-hybridized carbons (Fsp3) is 0.312. The van der Waals surface area contributed by atoms with Gasteiger partial charge in [0, 0.05) is 11.4 Å². The van der Waals surface area contributed by atoms with Gasteiger partial charge in [-0.05, 0) is 48.7 Å². The molecule has 0 saturated carbocycles. The summed E-state index contributed by atoms with van der Waals surface area (Å²) >= 11 is 1.42. The molecule has 1 atom stereocenters. The highest BCUT2D eigenvalue weighted by Crippen LogP contribution is 2.32. The fourth-order valence-electron chi connectivity index (χ4n) is 1.92. The molecule has 2 aromatic rings. The first-order chi connectivity index (χ1) is 10.0. The summed E-state index contributed by atoms with van der Waals surface area (Å²) in [6.45, 7) is 5.06. The molecular formula is C16H20ClFN2OS. The van der Waals surface area contributed by atoms with Crippen LogP contribution in [0.15, 0.2) is 30.3 Å². The SMILES string of the molecule is Cc1cc(C(=O)NCC(C)CN)sc1-c1ccc(F)cc1.Cl. The lowest BCUT2D eigenvalue weighted by atomic mass is 10.1. The van der Waals surface area contributed by atoms with Crippen LogP contribution in [0.5, 0.6) is 0 Å². The van der Waals surface area contributed by atoms with Gasteiger partial charge in [-0.25, -0.2) is 4.39 Å². The molecule has 1 heterocycles. The highest BCUT2D eigenvalue weighted by atomic mass is 35.5. The molecule has 0 aliphatic rings. The number of carbonyl (C=O) groups is 1. The smallest absolute Gasteiger partial charge is 0.261 e. The summed E-state index contributed by atoms with van der Waals surface area (Å²) in [5.41, 5.74) is 7.48. The number of rotatable bonds is 5. The first-order valence-electron chi connectivity index (χ1n) is 6.86. The lowest BCUT2D eigenvalue weighted by Gasteiger charge is -2.08. The Morgan fingerprint density at radius 3 is 2.59 bits per heavy atom. The number of benzene rings is 1. The minimum absolute atomic E-state index is 0. The molecule has 1 aromatic carbocycles. The largest absolute Gasteiger partial charge is 0.351 e. The standard InChI is InChI=1S/C16H19FN2OS.ClH/c1-10(8-18)9-19-16(20)14-7-11(2)15(21-14)12-3-5-13(17)6-4-12;/h3-7,10H,8-9,18H2,1-2H3,(H,19,20);1H. The fourth-order valence-corrected chi connectivity index (χ4v) is 3.01. The van der Waals surface area contributed by atoms with Crippen LogP contribution < -0.4 is 11.1 Å². The second kappa shape index (κ2) is 8.27. The predicted molar refractivity (Wildman–Crippen MR) is 92.2 cm³/mol. The van der Waals surface area contributed by atoms with Gasteiger partial charge in [-0.3, -0.25) is 4.79 Å². The number of thiophene rings is 1. The molecule has 0 spiro atoms. The van der Waals surface area contributed by atoms with E-state index in [4.69, 9.17) is 5.73 Å². The Kier molecular flexibility index (Phi) is 7.00. The van der Waals surface area contributed by atoms with Crippen molar-refractivity contribution in [2.45, 2.75) is 13.8 Å². The average Bonchev–Trinajstić information content (AvgIpc) is 2.87. The van der Waals surface area contributed by atoms with E-state index in [2.05, 4.69) is 5.32 Å². The van der Waals surface area contributed by atoms with Crippen molar-refractivity contribution in [2.24, 2.45) is 11.7 Å². The topological polar surface area (TPSA) is 55.1 Å².